The molecule has 0 fully saturated rings. The van der Waals surface area contributed by atoms with Crippen LogP contribution in [-0.4, -0.2) is 12.2 Å². The molecule has 0 spiro atoms. The van der Waals surface area contributed by atoms with Gasteiger partial charge < -0.3 is 15.2 Å². The van der Waals surface area contributed by atoms with Crippen LogP contribution < -0.4 is 10.1 Å². The molecule has 112 valence electrons. The molecular weight excluding hydrogens is 330 g/mol. The highest BCUT2D eigenvalue weighted by Gasteiger charge is 2.14. The second-order valence-electron chi connectivity index (χ2n) is 5.06. The summed E-state index contributed by atoms with van der Waals surface area (Å²) in [6.07, 6.45) is 0. The number of rotatable bonds is 5. The van der Waals surface area contributed by atoms with Gasteiger partial charge >= 0.3 is 0 Å². The molecule has 0 bridgehead atoms. The van der Waals surface area contributed by atoms with Gasteiger partial charge in [0.25, 0.3) is 0 Å². The number of phenolic OH excluding ortho intramolecular Hbond substituents is 1. The quantitative estimate of drug-likeness (QED) is 0.830. The minimum absolute atomic E-state index is 0.140. The molecule has 4 heteroatoms. The van der Waals surface area contributed by atoms with Crippen molar-refractivity contribution in [2.24, 2.45) is 0 Å². The summed E-state index contributed by atoms with van der Waals surface area (Å²) >= 11 is 3.58. The molecule has 0 heterocycles. The van der Waals surface area contributed by atoms with E-state index < -0.39 is 0 Å². The zero-order valence-corrected chi connectivity index (χ0v) is 14.0. The molecule has 2 aromatic carbocycles. The van der Waals surface area contributed by atoms with Gasteiger partial charge in [0.05, 0.1) is 7.11 Å². The minimum Gasteiger partial charge on any atom is -0.504 e. The average molecular weight is 350 g/mol. The number of hydrogen-bond acceptors (Lipinski definition) is 3. The van der Waals surface area contributed by atoms with E-state index in [4.69, 9.17) is 4.74 Å². The second kappa shape index (κ2) is 6.96. The van der Waals surface area contributed by atoms with Gasteiger partial charge in [0.1, 0.15) is 0 Å². The van der Waals surface area contributed by atoms with E-state index in [1.165, 1.54) is 5.56 Å². The molecule has 2 N–H and O–H groups in total. The molecule has 21 heavy (non-hydrogen) atoms. The molecule has 0 saturated heterocycles. The van der Waals surface area contributed by atoms with Gasteiger partial charge in [-0.1, -0.05) is 40.2 Å². The first-order valence-electron chi connectivity index (χ1n) is 6.90. The number of benzene rings is 2. The Kier molecular flexibility index (Phi) is 5.26. The van der Waals surface area contributed by atoms with E-state index in [2.05, 4.69) is 41.2 Å². The number of hydrogen-bond donors (Lipinski definition) is 2. The summed E-state index contributed by atoms with van der Waals surface area (Å²) in [6.45, 7) is 4.23. The largest absolute Gasteiger partial charge is 0.504 e. The van der Waals surface area contributed by atoms with E-state index in [0.29, 0.717) is 5.75 Å². The summed E-state index contributed by atoms with van der Waals surface area (Å²) in [6, 6.07) is 14.0. The van der Waals surface area contributed by atoms with Crippen LogP contribution in [0.5, 0.6) is 11.5 Å². The van der Waals surface area contributed by atoms with E-state index in [-0.39, 0.29) is 17.8 Å². The predicted molar refractivity (Wildman–Crippen MR) is 88.8 cm³/mol. The van der Waals surface area contributed by atoms with Crippen LogP contribution in [-0.2, 0) is 0 Å². The topological polar surface area (TPSA) is 41.5 Å². The summed E-state index contributed by atoms with van der Waals surface area (Å²) in [5.74, 6) is 0.655. The van der Waals surface area contributed by atoms with Crippen LogP contribution in [0.3, 0.4) is 0 Å². The van der Waals surface area contributed by atoms with Crippen molar-refractivity contribution in [2.45, 2.75) is 25.9 Å². The van der Waals surface area contributed by atoms with Crippen molar-refractivity contribution in [3.63, 3.8) is 0 Å². The van der Waals surface area contributed by atoms with Gasteiger partial charge in [0.2, 0.25) is 0 Å². The zero-order valence-electron chi connectivity index (χ0n) is 12.4. The van der Waals surface area contributed by atoms with E-state index in [1.807, 2.05) is 30.3 Å². The highest BCUT2D eigenvalue weighted by Crippen LogP contribution is 2.30. The fourth-order valence-corrected chi connectivity index (χ4v) is 2.98. The van der Waals surface area contributed by atoms with Gasteiger partial charge in [0.15, 0.2) is 11.5 Å². The SMILES string of the molecule is COc1cc(C(C)N[C@@H](C)c2ccccc2Br)ccc1O. The normalized spacial score (nSPS) is 13.7. The number of halogens is 1. The number of aromatic hydroxyl groups is 1. The smallest absolute Gasteiger partial charge is 0.160 e. The lowest BCUT2D eigenvalue weighted by Crippen LogP contribution is -2.22. The lowest BCUT2D eigenvalue weighted by Gasteiger charge is -2.22. The standard InChI is InChI=1S/C17H20BrNO2/c1-11(13-8-9-16(20)17(10-13)21-3)19-12(2)14-6-4-5-7-15(14)18/h4-12,19-20H,1-3H3/t11?,12-/m0/s1. The van der Waals surface area contributed by atoms with Crippen LogP contribution in [0.1, 0.15) is 37.1 Å². The molecular formula is C17H20BrNO2. The Morgan fingerprint density at radius 3 is 2.48 bits per heavy atom. The monoisotopic (exact) mass is 349 g/mol. The van der Waals surface area contributed by atoms with Crippen LogP contribution >= 0.6 is 15.9 Å². The Balaban J connectivity index is 2.14. The van der Waals surface area contributed by atoms with Crippen LogP contribution in [0, 0.1) is 0 Å². The zero-order chi connectivity index (χ0) is 15.4. The minimum atomic E-state index is 0.140. The Morgan fingerprint density at radius 1 is 1.10 bits per heavy atom. The van der Waals surface area contributed by atoms with Crippen molar-refractivity contribution >= 4 is 15.9 Å². The maximum atomic E-state index is 9.66. The first kappa shape index (κ1) is 15.9. The molecule has 2 aromatic rings. The number of nitrogens with one attached hydrogen (secondary N) is 1. The lowest BCUT2D eigenvalue weighted by molar-refractivity contribution is 0.371. The highest BCUT2D eigenvalue weighted by molar-refractivity contribution is 9.10. The van der Waals surface area contributed by atoms with Crippen molar-refractivity contribution in [2.75, 3.05) is 7.11 Å². The van der Waals surface area contributed by atoms with E-state index in [1.54, 1.807) is 13.2 Å². The Bertz CT molecular complexity index is 615. The fourth-order valence-electron chi connectivity index (χ4n) is 2.35. The van der Waals surface area contributed by atoms with Crippen LogP contribution in [0.2, 0.25) is 0 Å². The first-order chi connectivity index (χ1) is 10.0. The highest BCUT2D eigenvalue weighted by atomic mass is 79.9. The van der Waals surface area contributed by atoms with Gasteiger partial charge in [-0.25, -0.2) is 0 Å². The maximum Gasteiger partial charge on any atom is 0.160 e. The number of phenols is 1. The molecule has 0 aliphatic heterocycles. The van der Waals surface area contributed by atoms with Crippen LogP contribution in [0.4, 0.5) is 0 Å². The van der Waals surface area contributed by atoms with Gasteiger partial charge in [-0.3, -0.25) is 0 Å². The molecule has 0 saturated carbocycles. The number of methoxy groups -OCH3 is 1. The second-order valence-corrected chi connectivity index (χ2v) is 5.92. The summed E-state index contributed by atoms with van der Waals surface area (Å²) < 4.78 is 6.26. The molecule has 1 unspecified atom stereocenters. The Morgan fingerprint density at radius 2 is 1.81 bits per heavy atom. The van der Waals surface area contributed by atoms with Gasteiger partial charge in [0, 0.05) is 16.6 Å². The molecule has 3 nitrogen and oxygen atoms in total. The molecule has 0 aromatic heterocycles. The van der Waals surface area contributed by atoms with Gasteiger partial charge in [-0.15, -0.1) is 0 Å². The van der Waals surface area contributed by atoms with Crippen LogP contribution in [0.15, 0.2) is 46.9 Å². The van der Waals surface area contributed by atoms with Crippen LogP contribution in [0.25, 0.3) is 0 Å². The fraction of sp³-hybridized carbons (Fsp3) is 0.294. The molecule has 0 aliphatic carbocycles. The van der Waals surface area contributed by atoms with Gasteiger partial charge in [-0.2, -0.15) is 0 Å². The Labute approximate surface area is 134 Å². The number of ether oxygens (including phenoxy) is 1. The molecule has 0 aliphatic rings. The predicted octanol–water partition coefficient (Wildman–Crippen LogP) is 4.58. The molecule has 2 atom stereocenters. The summed E-state index contributed by atoms with van der Waals surface area (Å²) in [5.41, 5.74) is 2.29. The van der Waals surface area contributed by atoms with E-state index >= 15 is 0 Å². The van der Waals surface area contributed by atoms with E-state index in [9.17, 15) is 5.11 Å². The van der Waals surface area contributed by atoms with Crippen molar-refractivity contribution in [3.8, 4) is 11.5 Å². The molecule has 0 radical (unpaired) electrons. The third-order valence-electron chi connectivity index (χ3n) is 3.58. The Hall–Kier alpha value is -1.52. The summed E-state index contributed by atoms with van der Waals surface area (Å²) in [4.78, 5) is 0. The van der Waals surface area contributed by atoms with Crippen molar-refractivity contribution in [1.82, 2.24) is 5.32 Å². The van der Waals surface area contributed by atoms with Crippen molar-refractivity contribution in [3.05, 3.63) is 58.1 Å². The summed E-state index contributed by atoms with van der Waals surface area (Å²) in [7, 11) is 1.56. The lowest BCUT2D eigenvalue weighted by atomic mass is 10.0. The van der Waals surface area contributed by atoms with Crippen molar-refractivity contribution in [1.29, 1.82) is 0 Å². The first-order valence-corrected chi connectivity index (χ1v) is 7.69. The van der Waals surface area contributed by atoms with E-state index in [0.717, 1.165) is 10.0 Å². The molecule has 2 rings (SSSR count). The third-order valence-corrected chi connectivity index (χ3v) is 4.30. The third kappa shape index (κ3) is 3.77. The van der Waals surface area contributed by atoms with Gasteiger partial charge in [-0.05, 0) is 43.2 Å². The van der Waals surface area contributed by atoms with Crippen molar-refractivity contribution < 1.29 is 9.84 Å². The average Bonchev–Trinajstić information content (AvgIpc) is 2.48. The molecule has 0 amide bonds. The maximum absolute atomic E-state index is 9.66. The summed E-state index contributed by atoms with van der Waals surface area (Å²) in [5, 5.41) is 13.2.